The molecular weight excluding hydrogens is 264 g/mol. The smallest absolute Gasteiger partial charge is 0.185 e. The molecule has 1 atom stereocenters. The first kappa shape index (κ1) is 14.1. The Labute approximate surface area is 118 Å². The highest BCUT2D eigenvalue weighted by Gasteiger charge is 2.19. The minimum atomic E-state index is 0.682. The summed E-state index contributed by atoms with van der Waals surface area (Å²) >= 11 is 3.69. The van der Waals surface area contributed by atoms with Crippen LogP contribution in [0.2, 0.25) is 0 Å². The Morgan fingerprint density at radius 2 is 2.17 bits per heavy atom. The van der Waals surface area contributed by atoms with Crippen molar-refractivity contribution >= 4 is 23.1 Å². The summed E-state index contributed by atoms with van der Waals surface area (Å²) in [6, 6.07) is 0. The Balaban J connectivity index is 1.87. The van der Waals surface area contributed by atoms with Gasteiger partial charge >= 0.3 is 0 Å². The molecule has 1 aromatic heterocycles. The first-order valence-corrected chi connectivity index (χ1v) is 8.71. The predicted octanol–water partition coefficient (Wildman–Crippen LogP) is 4.83. The van der Waals surface area contributed by atoms with Crippen LogP contribution in [-0.2, 0) is 0 Å². The van der Waals surface area contributed by atoms with E-state index in [1.54, 1.807) is 11.3 Å². The summed E-state index contributed by atoms with van der Waals surface area (Å²) in [5, 5.41) is 2.07. The van der Waals surface area contributed by atoms with E-state index < -0.39 is 0 Å². The molecule has 0 N–H and O–H groups in total. The van der Waals surface area contributed by atoms with Gasteiger partial charge in [0.1, 0.15) is 17.4 Å². The van der Waals surface area contributed by atoms with Crippen LogP contribution in [0.3, 0.4) is 0 Å². The summed E-state index contributed by atoms with van der Waals surface area (Å²) in [6.45, 7) is 5.93. The van der Waals surface area contributed by atoms with Crippen molar-refractivity contribution in [2.45, 2.75) is 43.7 Å². The first-order valence-electron chi connectivity index (χ1n) is 6.85. The largest absolute Gasteiger partial charge is 0.485 e. The second-order valence-electron chi connectivity index (χ2n) is 4.64. The fraction of sp³-hybridized carbons (Fsp3) is 0.714. The molecule has 4 heteroatoms. The van der Waals surface area contributed by atoms with Gasteiger partial charge in [-0.1, -0.05) is 33.1 Å². The van der Waals surface area contributed by atoms with Crippen LogP contribution in [0.1, 0.15) is 39.5 Å². The normalized spacial score (nSPS) is 15.7. The summed E-state index contributed by atoms with van der Waals surface area (Å²) in [6.07, 6.45) is 5.27. The average molecular weight is 286 g/mol. The highest BCUT2D eigenvalue weighted by molar-refractivity contribution is 8.01. The molecule has 0 fully saturated rings. The van der Waals surface area contributed by atoms with Crippen molar-refractivity contribution < 1.29 is 9.47 Å². The van der Waals surface area contributed by atoms with Crippen LogP contribution < -0.4 is 9.47 Å². The molecule has 18 heavy (non-hydrogen) atoms. The quantitative estimate of drug-likeness (QED) is 0.669. The van der Waals surface area contributed by atoms with E-state index in [0.29, 0.717) is 13.2 Å². The number of thioether (sulfide) groups is 1. The van der Waals surface area contributed by atoms with Crippen molar-refractivity contribution in [1.29, 1.82) is 0 Å². The lowest BCUT2D eigenvalue weighted by Gasteiger charge is -2.17. The zero-order valence-corrected chi connectivity index (χ0v) is 12.9. The predicted molar refractivity (Wildman–Crippen MR) is 79.3 cm³/mol. The lowest BCUT2D eigenvalue weighted by atomic mass is 10.0. The van der Waals surface area contributed by atoms with Crippen molar-refractivity contribution in [2.75, 3.05) is 19.0 Å². The lowest BCUT2D eigenvalue weighted by Crippen LogP contribution is -2.14. The van der Waals surface area contributed by atoms with E-state index in [1.807, 2.05) is 11.8 Å². The van der Waals surface area contributed by atoms with E-state index in [0.717, 1.165) is 17.4 Å². The SMILES string of the molecule is CCCCC(CC)CSc1scc2c1OCCO2. The third kappa shape index (κ3) is 3.58. The monoisotopic (exact) mass is 286 g/mol. The molecule has 0 saturated carbocycles. The molecule has 1 aliphatic rings. The molecule has 0 spiro atoms. The number of rotatable bonds is 7. The van der Waals surface area contributed by atoms with Crippen LogP contribution >= 0.6 is 23.1 Å². The number of ether oxygens (including phenoxy) is 2. The van der Waals surface area contributed by atoms with E-state index in [1.165, 1.54) is 35.6 Å². The molecule has 102 valence electrons. The van der Waals surface area contributed by atoms with Crippen molar-refractivity contribution in [1.82, 2.24) is 0 Å². The number of thiophene rings is 1. The van der Waals surface area contributed by atoms with Gasteiger partial charge < -0.3 is 9.47 Å². The zero-order chi connectivity index (χ0) is 12.8. The fourth-order valence-corrected chi connectivity index (χ4v) is 4.39. The third-order valence-electron chi connectivity index (χ3n) is 3.26. The van der Waals surface area contributed by atoms with Gasteiger partial charge in [-0.2, -0.15) is 0 Å². The first-order chi connectivity index (χ1) is 8.85. The summed E-state index contributed by atoms with van der Waals surface area (Å²) in [4.78, 5) is 0. The molecule has 1 aliphatic heterocycles. The number of hydrogen-bond acceptors (Lipinski definition) is 4. The maximum atomic E-state index is 5.71. The molecule has 2 heterocycles. The van der Waals surface area contributed by atoms with Crippen LogP contribution in [0, 0.1) is 5.92 Å². The Morgan fingerprint density at radius 3 is 2.94 bits per heavy atom. The summed E-state index contributed by atoms with van der Waals surface area (Å²) < 4.78 is 12.6. The molecule has 1 unspecified atom stereocenters. The van der Waals surface area contributed by atoms with Gasteiger partial charge in [0.15, 0.2) is 11.5 Å². The van der Waals surface area contributed by atoms with E-state index in [-0.39, 0.29) is 0 Å². The molecule has 0 aromatic carbocycles. The molecule has 2 rings (SSSR count). The van der Waals surface area contributed by atoms with Crippen LogP contribution in [0.4, 0.5) is 0 Å². The van der Waals surface area contributed by atoms with E-state index in [2.05, 4.69) is 19.2 Å². The van der Waals surface area contributed by atoms with Gasteiger partial charge in [0.25, 0.3) is 0 Å². The molecule has 0 saturated heterocycles. The van der Waals surface area contributed by atoms with Gasteiger partial charge in [0, 0.05) is 11.1 Å². The van der Waals surface area contributed by atoms with Crippen LogP contribution in [-0.4, -0.2) is 19.0 Å². The van der Waals surface area contributed by atoms with E-state index >= 15 is 0 Å². The van der Waals surface area contributed by atoms with Gasteiger partial charge in [-0.15, -0.1) is 23.1 Å². The van der Waals surface area contributed by atoms with Crippen molar-refractivity contribution in [3.05, 3.63) is 5.38 Å². The summed E-state index contributed by atoms with van der Waals surface area (Å²) in [7, 11) is 0. The lowest BCUT2D eigenvalue weighted by molar-refractivity contribution is 0.170. The number of hydrogen-bond donors (Lipinski definition) is 0. The second kappa shape index (κ2) is 7.29. The minimum Gasteiger partial charge on any atom is -0.485 e. The third-order valence-corrected chi connectivity index (χ3v) is 5.72. The minimum absolute atomic E-state index is 0.682. The van der Waals surface area contributed by atoms with E-state index in [4.69, 9.17) is 9.47 Å². The van der Waals surface area contributed by atoms with Crippen molar-refractivity contribution in [3.63, 3.8) is 0 Å². The zero-order valence-electron chi connectivity index (χ0n) is 11.2. The van der Waals surface area contributed by atoms with E-state index in [9.17, 15) is 0 Å². The second-order valence-corrected chi connectivity index (χ2v) is 6.81. The average Bonchev–Trinajstić information content (AvgIpc) is 2.82. The van der Waals surface area contributed by atoms with Crippen LogP contribution in [0.25, 0.3) is 0 Å². The Hall–Kier alpha value is -0.350. The Kier molecular flexibility index (Phi) is 5.70. The summed E-state index contributed by atoms with van der Waals surface area (Å²) in [5.74, 6) is 3.96. The number of fused-ring (bicyclic) bond motifs is 1. The van der Waals surface area contributed by atoms with Gasteiger partial charge in [-0.05, 0) is 12.3 Å². The maximum absolute atomic E-state index is 5.71. The fourth-order valence-electron chi connectivity index (χ4n) is 2.03. The van der Waals surface area contributed by atoms with Crippen LogP contribution in [0.15, 0.2) is 9.59 Å². The number of unbranched alkanes of at least 4 members (excludes halogenated alkanes) is 1. The van der Waals surface area contributed by atoms with Gasteiger partial charge in [0.05, 0.1) is 0 Å². The standard InChI is InChI=1S/C14H22O2S2/c1-3-5-6-11(4-2)9-17-14-13-12(10-18-14)15-7-8-16-13/h10-11H,3-9H2,1-2H3. The van der Waals surface area contributed by atoms with Crippen molar-refractivity contribution in [3.8, 4) is 11.5 Å². The molecule has 0 amide bonds. The molecule has 1 aromatic rings. The Bertz CT molecular complexity index is 363. The van der Waals surface area contributed by atoms with Crippen LogP contribution in [0.5, 0.6) is 11.5 Å². The molecule has 0 aliphatic carbocycles. The highest BCUT2D eigenvalue weighted by Crippen LogP contribution is 2.45. The molecule has 0 radical (unpaired) electrons. The molecule has 0 bridgehead atoms. The van der Waals surface area contributed by atoms with Gasteiger partial charge in [-0.25, -0.2) is 0 Å². The van der Waals surface area contributed by atoms with Gasteiger partial charge in [0.2, 0.25) is 0 Å². The Morgan fingerprint density at radius 1 is 1.33 bits per heavy atom. The highest BCUT2D eigenvalue weighted by atomic mass is 32.2. The van der Waals surface area contributed by atoms with Crippen molar-refractivity contribution in [2.24, 2.45) is 5.92 Å². The molecular formula is C14H22O2S2. The molecule has 2 nitrogen and oxygen atoms in total. The van der Waals surface area contributed by atoms with Gasteiger partial charge in [-0.3, -0.25) is 0 Å². The maximum Gasteiger partial charge on any atom is 0.185 e. The topological polar surface area (TPSA) is 18.5 Å². The summed E-state index contributed by atoms with van der Waals surface area (Å²) in [5.41, 5.74) is 0.